The molecule has 2 aliphatic heterocycles. The quantitative estimate of drug-likeness (QED) is 0.630. The van der Waals surface area contributed by atoms with Crippen LogP contribution in [0.15, 0.2) is 4.99 Å². The van der Waals surface area contributed by atoms with Gasteiger partial charge in [0.15, 0.2) is 5.17 Å². The van der Waals surface area contributed by atoms with Gasteiger partial charge in [0.05, 0.1) is 12.0 Å². The lowest BCUT2D eigenvalue weighted by molar-refractivity contribution is -0.129. The van der Waals surface area contributed by atoms with Crippen molar-refractivity contribution in [3.05, 3.63) is 0 Å². The molecule has 1 spiro atoms. The molecule has 0 bridgehead atoms. The van der Waals surface area contributed by atoms with Gasteiger partial charge in [-0.3, -0.25) is 14.7 Å². The van der Waals surface area contributed by atoms with E-state index < -0.39 is 0 Å². The average Bonchev–Trinajstić information content (AvgIpc) is 2.67. The fourth-order valence-electron chi connectivity index (χ4n) is 2.84. The number of fused-ring (bicyclic) bond motifs is 1. The van der Waals surface area contributed by atoms with E-state index in [1.54, 1.807) is 11.8 Å². The van der Waals surface area contributed by atoms with Crippen LogP contribution in [0.3, 0.4) is 0 Å². The lowest BCUT2D eigenvalue weighted by atomic mass is 9.79. The number of amidine groups is 1. The third kappa shape index (κ3) is 1.59. The van der Waals surface area contributed by atoms with Gasteiger partial charge in [0.2, 0.25) is 5.91 Å². The van der Waals surface area contributed by atoms with Crippen LogP contribution in [0.1, 0.15) is 38.5 Å². The Kier molecular flexibility index (Phi) is 2.27. The molecule has 4 heteroatoms. The molecule has 0 N–H and O–H groups in total. The molecule has 2 heterocycles. The molecule has 1 saturated carbocycles. The van der Waals surface area contributed by atoms with Crippen LogP contribution in [0.5, 0.6) is 0 Å². The van der Waals surface area contributed by atoms with Crippen LogP contribution in [0.2, 0.25) is 0 Å². The van der Waals surface area contributed by atoms with Crippen molar-refractivity contribution in [2.24, 2.45) is 4.99 Å². The predicted octanol–water partition coefficient (Wildman–Crippen LogP) is 2.02. The molecule has 15 heavy (non-hydrogen) atoms. The minimum absolute atomic E-state index is 0.00148. The van der Waals surface area contributed by atoms with Crippen molar-refractivity contribution in [1.29, 1.82) is 0 Å². The Labute approximate surface area is 94.3 Å². The first-order valence-electron chi connectivity index (χ1n) is 5.82. The Morgan fingerprint density at radius 3 is 2.87 bits per heavy atom. The zero-order chi connectivity index (χ0) is 10.3. The number of hydrogen-bond donors (Lipinski definition) is 0. The van der Waals surface area contributed by atoms with Gasteiger partial charge in [-0.2, -0.15) is 0 Å². The van der Waals surface area contributed by atoms with Crippen LogP contribution < -0.4 is 0 Å². The summed E-state index contributed by atoms with van der Waals surface area (Å²) in [7, 11) is 0. The second-order valence-corrected chi connectivity index (χ2v) is 5.81. The first kappa shape index (κ1) is 9.70. The van der Waals surface area contributed by atoms with E-state index in [4.69, 9.17) is 4.99 Å². The van der Waals surface area contributed by atoms with Crippen molar-refractivity contribution in [1.82, 2.24) is 4.90 Å². The summed E-state index contributed by atoms with van der Waals surface area (Å²) in [5, 5.41) is 1.01. The van der Waals surface area contributed by atoms with Gasteiger partial charge < -0.3 is 0 Å². The van der Waals surface area contributed by atoms with Gasteiger partial charge in [0.1, 0.15) is 0 Å². The number of nitrogens with zero attached hydrogens (tertiary/aromatic N) is 2. The molecule has 1 saturated heterocycles. The van der Waals surface area contributed by atoms with Crippen LogP contribution in [-0.2, 0) is 4.79 Å². The summed E-state index contributed by atoms with van der Waals surface area (Å²) < 4.78 is 0. The zero-order valence-electron chi connectivity index (χ0n) is 8.87. The Balaban J connectivity index is 1.91. The Morgan fingerprint density at radius 1 is 1.27 bits per heavy atom. The molecule has 0 aromatic carbocycles. The molecule has 1 amide bonds. The third-order valence-electron chi connectivity index (χ3n) is 3.68. The molecule has 3 nitrogen and oxygen atoms in total. The Bertz CT molecular complexity index is 321. The SMILES string of the molecule is O=C1CC2(CCCCC2)N=C2SCCN12. The molecule has 0 unspecified atom stereocenters. The summed E-state index contributed by atoms with van der Waals surface area (Å²) in [5.41, 5.74) is -0.00148. The fourth-order valence-corrected chi connectivity index (χ4v) is 3.91. The van der Waals surface area contributed by atoms with Crippen LogP contribution in [0.25, 0.3) is 0 Å². The van der Waals surface area contributed by atoms with Gasteiger partial charge in [-0.15, -0.1) is 0 Å². The first-order valence-corrected chi connectivity index (χ1v) is 6.81. The summed E-state index contributed by atoms with van der Waals surface area (Å²) in [5.74, 6) is 1.34. The van der Waals surface area contributed by atoms with Crippen molar-refractivity contribution in [3.8, 4) is 0 Å². The van der Waals surface area contributed by atoms with E-state index in [0.717, 1.165) is 30.3 Å². The summed E-state index contributed by atoms with van der Waals surface area (Å²) in [6.07, 6.45) is 6.71. The van der Waals surface area contributed by atoms with E-state index in [2.05, 4.69) is 0 Å². The normalized spacial score (nSPS) is 29.2. The average molecular weight is 224 g/mol. The second-order valence-electron chi connectivity index (χ2n) is 4.75. The molecule has 0 aromatic rings. The number of amides is 1. The summed E-state index contributed by atoms with van der Waals surface area (Å²) in [6.45, 7) is 0.873. The van der Waals surface area contributed by atoms with Gasteiger partial charge >= 0.3 is 0 Å². The molecular formula is C11H16N2OS. The fraction of sp³-hybridized carbons (Fsp3) is 0.818. The molecule has 2 fully saturated rings. The second kappa shape index (κ2) is 3.51. The zero-order valence-corrected chi connectivity index (χ0v) is 9.68. The number of rotatable bonds is 0. The maximum atomic E-state index is 12.0. The lowest BCUT2D eigenvalue weighted by Crippen LogP contribution is -2.46. The maximum absolute atomic E-state index is 12.0. The van der Waals surface area contributed by atoms with E-state index in [-0.39, 0.29) is 5.54 Å². The van der Waals surface area contributed by atoms with Crippen LogP contribution in [0, 0.1) is 0 Å². The van der Waals surface area contributed by atoms with Gasteiger partial charge in [-0.25, -0.2) is 0 Å². The van der Waals surface area contributed by atoms with Gasteiger partial charge in [-0.1, -0.05) is 31.0 Å². The standard InChI is InChI=1S/C11H16N2OS/c14-9-8-11(4-2-1-3-5-11)12-10-13(9)6-7-15-10/h1-8H2. The molecule has 1 aliphatic carbocycles. The highest BCUT2D eigenvalue weighted by molar-refractivity contribution is 8.14. The van der Waals surface area contributed by atoms with Crippen molar-refractivity contribution in [2.75, 3.05) is 12.3 Å². The largest absolute Gasteiger partial charge is 0.291 e. The third-order valence-corrected chi connectivity index (χ3v) is 4.63. The highest BCUT2D eigenvalue weighted by Crippen LogP contribution is 2.40. The van der Waals surface area contributed by atoms with Crippen molar-refractivity contribution in [3.63, 3.8) is 0 Å². The Hall–Kier alpha value is -0.510. The number of carbonyl (C=O) groups is 1. The molecule has 3 aliphatic rings. The number of hydrogen-bond acceptors (Lipinski definition) is 3. The van der Waals surface area contributed by atoms with E-state index in [9.17, 15) is 4.79 Å². The molecule has 3 rings (SSSR count). The summed E-state index contributed by atoms with van der Waals surface area (Å²) in [4.78, 5) is 18.7. The van der Waals surface area contributed by atoms with Crippen molar-refractivity contribution in [2.45, 2.75) is 44.1 Å². The Morgan fingerprint density at radius 2 is 2.07 bits per heavy atom. The number of aliphatic imine (C=N–C) groups is 1. The van der Waals surface area contributed by atoms with E-state index in [1.807, 2.05) is 4.90 Å². The molecule has 0 aromatic heterocycles. The lowest BCUT2D eigenvalue weighted by Gasteiger charge is -2.38. The van der Waals surface area contributed by atoms with Gasteiger partial charge in [-0.05, 0) is 12.8 Å². The summed E-state index contributed by atoms with van der Waals surface area (Å²) in [6, 6.07) is 0. The van der Waals surface area contributed by atoms with Crippen molar-refractivity contribution >= 4 is 22.8 Å². The minimum Gasteiger partial charge on any atom is -0.291 e. The van der Waals surface area contributed by atoms with Crippen LogP contribution in [-0.4, -0.2) is 33.8 Å². The topological polar surface area (TPSA) is 32.7 Å². The highest BCUT2D eigenvalue weighted by Gasteiger charge is 2.42. The van der Waals surface area contributed by atoms with E-state index in [0.29, 0.717) is 12.3 Å². The van der Waals surface area contributed by atoms with Crippen molar-refractivity contribution < 1.29 is 4.79 Å². The smallest absolute Gasteiger partial charge is 0.231 e. The number of carbonyl (C=O) groups excluding carboxylic acids is 1. The number of thioether (sulfide) groups is 1. The minimum atomic E-state index is -0.00148. The molecule has 82 valence electrons. The molecular weight excluding hydrogens is 208 g/mol. The molecule has 0 radical (unpaired) electrons. The monoisotopic (exact) mass is 224 g/mol. The van der Waals surface area contributed by atoms with E-state index >= 15 is 0 Å². The van der Waals surface area contributed by atoms with Crippen LogP contribution in [0.4, 0.5) is 0 Å². The van der Waals surface area contributed by atoms with Crippen LogP contribution >= 0.6 is 11.8 Å². The van der Waals surface area contributed by atoms with Gasteiger partial charge in [0.25, 0.3) is 0 Å². The predicted molar refractivity (Wildman–Crippen MR) is 62.0 cm³/mol. The van der Waals surface area contributed by atoms with E-state index in [1.165, 1.54) is 19.3 Å². The maximum Gasteiger partial charge on any atom is 0.231 e. The first-order chi connectivity index (χ1) is 7.29. The van der Waals surface area contributed by atoms with Gasteiger partial charge in [0, 0.05) is 12.3 Å². The molecule has 0 atom stereocenters. The summed E-state index contributed by atoms with van der Waals surface area (Å²) >= 11 is 1.75. The highest BCUT2D eigenvalue weighted by atomic mass is 32.2.